The van der Waals surface area contributed by atoms with Crippen molar-refractivity contribution in [1.29, 1.82) is 0 Å². The maximum atomic E-state index is 12.4. The fourth-order valence-corrected chi connectivity index (χ4v) is 3.39. The van der Waals surface area contributed by atoms with Crippen LogP contribution < -0.4 is 10.1 Å². The molecule has 3 aromatic heterocycles. The van der Waals surface area contributed by atoms with Crippen molar-refractivity contribution in [2.24, 2.45) is 0 Å². The van der Waals surface area contributed by atoms with Gasteiger partial charge in [0, 0.05) is 6.20 Å². The fraction of sp³-hybridized carbons (Fsp3) is 0.250. The second-order valence-electron chi connectivity index (χ2n) is 5.13. The lowest BCUT2D eigenvalue weighted by Crippen LogP contribution is -2.09. The quantitative estimate of drug-likeness (QED) is 0.654. The molecule has 1 N–H and O–H groups in total. The van der Waals surface area contributed by atoms with Gasteiger partial charge in [0.2, 0.25) is 5.88 Å². The highest BCUT2D eigenvalue weighted by Crippen LogP contribution is 2.35. The number of nitrogens with zero attached hydrogens (tertiary/aromatic N) is 3. The fourth-order valence-electron chi connectivity index (χ4n) is 2.32. The number of carbonyl (C=O) groups is 1. The normalized spacial score (nSPS) is 11.0. The Balaban J connectivity index is 2.00. The predicted molar refractivity (Wildman–Crippen MR) is 92.5 cm³/mol. The number of hydrogen-bond donors (Lipinski definition) is 1. The first-order valence-electron chi connectivity index (χ1n) is 7.46. The van der Waals surface area contributed by atoms with Crippen LogP contribution in [0.2, 0.25) is 0 Å². The number of fused-ring (bicyclic) bond motifs is 1. The molecule has 0 aliphatic rings. The van der Waals surface area contributed by atoms with Gasteiger partial charge in [-0.15, -0.1) is 11.3 Å². The number of esters is 1. The molecule has 0 unspecified atom stereocenters. The number of hydrogen-bond acceptors (Lipinski definition) is 8. The van der Waals surface area contributed by atoms with E-state index in [1.165, 1.54) is 31.0 Å². The van der Waals surface area contributed by atoms with Crippen LogP contribution >= 0.6 is 11.3 Å². The lowest BCUT2D eigenvalue weighted by atomic mass is 10.2. The van der Waals surface area contributed by atoms with E-state index in [0.29, 0.717) is 32.2 Å². The van der Waals surface area contributed by atoms with Crippen LogP contribution in [0.4, 0.5) is 20.3 Å². The number of alkyl halides is 2. The smallest absolute Gasteiger partial charge is 0.348 e. The van der Waals surface area contributed by atoms with Crippen LogP contribution in [0.5, 0.6) is 5.88 Å². The highest BCUT2D eigenvalue weighted by molar-refractivity contribution is 7.20. The summed E-state index contributed by atoms with van der Waals surface area (Å²) >= 11 is 1.19. The molecule has 3 aromatic rings. The topological polar surface area (TPSA) is 86.2 Å². The molecular formula is C16H14F2N4O3S. The van der Waals surface area contributed by atoms with Gasteiger partial charge in [-0.1, -0.05) is 0 Å². The van der Waals surface area contributed by atoms with Gasteiger partial charge in [-0.2, -0.15) is 0 Å². The average molecular weight is 380 g/mol. The molecule has 0 fully saturated rings. The lowest BCUT2D eigenvalue weighted by Gasteiger charge is -2.12. The minimum absolute atomic E-state index is 0.0284. The van der Waals surface area contributed by atoms with Crippen LogP contribution in [-0.2, 0) is 4.74 Å². The van der Waals surface area contributed by atoms with E-state index in [-0.39, 0.29) is 5.88 Å². The molecule has 0 aromatic carbocycles. The van der Waals surface area contributed by atoms with E-state index in [9.17, 15) is 13.6 Å². The van der Waals surface area contributed by atoms with E-state index in [1.54, 1.807) is 19.1 Å². The van der Waals surface area contributed by atoms with Gasteiger partial charge >= 0.3 is 5.97 Å². The Morgan fingerprint density at radius 1 is 1.35 bits per heavy atom. The van der Waals surface area contributed by atoms with Crippen molar-refractivity contribution in [2.75, 3.05) is 19.0 Å². The third-order valence-electron chi connectivity index (χ3n) is 3.47. The summed E-state index contributed by atoms with van der Waals surface area (Å²) in [4.78, 5) is 25.3. The van der Waals surface area contributed by atoms with E-state index in [0.717, 1.165) is 0 Å². The second kappa shape index (κ2) is 7.56. The van der Waals surface area contributed by atoms with Gasteiger partial charge < -0.3 is 14.8 Å². The average Bonchev–Trinajstić information content (AvgIpc) is 2.98. The van der Waals surface area contributed by atoms with Crippen LogP contribution in [0.3, 0.4) is 0 Å². The summed E-state index contributed by atoms with van der Waals surface area (Å²) in [5.74, 6) is -0.0202. The third-order valence-corrected chi connectivity index (χ3v) is 4.65. The molecule has 10 heteroatoms. The van der Waals surface area contributed by atoms with Gasteiger partial charge in [0.25, 0.3) is 6.43 Å². The number of thiophene rings is 1. The van der Waals surface area contributed by atoms with E-state index in [1.807, 2.05) is 0 Å². The number of carbonyl (C=O) groups excluding carboxylic acids is 1. The first-order valence-corrected chi connectivity index (χ1v) is 8.28. The Labute approximate surface area is 151 Å². The summed E-state index contributed by atoms with van der Waals surface area (Å²) in [5.41, 5.74) is 1.04. The number of methoxy groups -OCH3 is 1. The van der Waals surface area contributed by atoms with Crippen LogP contribution in [0.15, 0.2) is 24.7 Å². The summed E-state index contributed by atoms with van der Waals surface area (Å²) < 4.78 is 34.6. The summed E-state index contributed by atoms with van der Waals surface area (Å²) in [7, 11) is 1.30. The Morgan fingerprint density at radius 3 is 2.88 bits per heavy atom. The third kappa shape index (κ3) is 3.54. The number of aromatic nitrogens is 3. The van der Waals surface area contributed by atoms with Gasteiger partial charge in [0.15, 0.2) is 6.61 Å². The lowest BCUT2D eigenvalue weighted by molar-refractivity contribution is 0.0605. The van der Waals surface area contributed by atoms with Crippen molar-refractivity contribution in [2.45, 2.75) is 13.3 Å². The number of anilines is 2. The molecule has 0 spiro atoms. The van der Waals surface area contributed by atoms with Gasteiger partial charge in [-0.25, -0.2) is 28.5 Å². The SMILES string of the molecule is COC(=O)c1sc2ncnc(Nc3cccnc3OCC(F)F)c2c1C. The molecule has 0 radical (unpaired) electrons. The zero-order chi connectivity index (χ0) is 18.7. The number of nitrogens with one attached hydrogen (secondary N) is 1. The van der Waals surface area contributed by atoms with Crippen LogP contribution in [0, 0.1) is 6.92 Å². The highest BCUT2D eigenvalue weighted by atomic mass is 32.1. The second-order valence-corrected chi connectivity index (χ2v) is 6.13. The molecule has 0 saturated heterocycles. The number of halogens is 2. The molecule has 3 heterocycles. The zero-order valence-electron chi connectivity index (χ0n) is 13.8. The minimum Gasteiger partial charge on any atom is -0.470 e. The van der Waals surface area contributed by atoms with Crippen molar-refractivity contribution < 1.29 is 23.0 Å². The monoisotopic (exact) mass is 380 g/mol. The maximum absolute atomic E-state index is 12.4. The molecule has 136 valence electrons. The molecule has 0 atom stereocenters. The Morgan fingerprint density at radius 2 is 2.15 bits per heavy atom. The Kier molecular flexibility index (Phi) is 5.21. The molecule has 3 rings (SSSR count). The van der Waals surface area contributed by atoms with Gasteiger partial charge in [0.1, 0.15) is 27.5 Å². The molecule has 0 amide bonds. The molecular weight excluding hydrogens is 366 g/mol. The van der Waals surface area contributed by atoms with Crippen LogP contribution in [0.1, 0.15) is 15.2 Å². The minimum atomic E-state index is -2.61. The van der Waals surface area contributed by atoms with Gasteiger partial charge in [-0.3, -0.25) is 0 Å². The summed E-state index contributed by atoms with van der Waals surface area (Å²) in [5, 5.41) is 3.66. The number of ether oxygens (including phenoxy) is 2. The highest BCUT2D eigenvalue weighted by Gasteiger charge is 2.20. The Bertz CT molecular complexity index is 948. The summed E-state index contributed by atoms with van der Waals surface area (Å²) in [6.45, 7) is 0.992. The van der Waals surface area contributed by atoms with E-state index in [4.69, 9.17) is 9.47 Å². The van der Waals surface area contributed by atoms with Crippen LogP contribution in [-0.4, -0.2) is 41.1 Å². The largest absolute Gasteiger partial charge is 0.470 e. The molecule has 26 heavy (non-hydrogen) atoms. The van der Waals surface area contributed by atoms with E-state index >= 15 is 0 Å². The first kappa shape index (κ1) is 17.9. The molecule has 0 aliphatic heterocycles. The van der Waals surface area contributed by atoms with Crippen molar-refractivity contribution in [3.05, 3.63) is 35.1 Å². The van der Waals surface area contributed by atoms with Gasteiger partial charge in [0.05, 0.1) is 12.5 Å². The van der Waals surface area contributed by atoms with Crippen molar-refractivity contribution in [1.82, 2.24) is 15.0 Å². The number of pyridine rings is 1. The number of rotatable bonds is 6. The van der Waals surface area contributed by atoms with E-state index in [2.05, 4.69) is 20.3 Å². The standard InChI is InChI=1S/C16H14F2N4O3S/c1-8-11-13(20-7-21-15(11)26-12(8)16(23)24-2)22-9-4-3-5-19-14(9)25-6-10(17)18/h3-5,7,10H,6H2,1-2H3,(H,20,21,22). The first-order chi connectivity index (χ1) is 12.5. The molecule has 0 bridgehead atoms. The summed E-state index contributed by atoms with van der Waals surface area (Å²) in [6.07, 6.45) is 0.169. The van der Waals surface area contributed by atoms with E-state index < -0.39 is 19.0 Å². The molecule has 0 aliphatic carbocycles. The van der Waals surface area contributed by atoms with Crippen molar-refractivity contribution in [3.8, 4) is 5.88 Å². The van der Waals surface area contributed by atoms with Crippen molar-refractivity contribution >= 4 is 39.0 Å². The number of aryl methyl sites for hydroxylation is 1. The Hall–Kier alpha value is -2.88. The summed E-state index contributed by atoms with van der Waals surface area (Å²) in [6, 6.07) is 3.26. The predicted octanol–water partition coefficient (Wildman–Crippen LogP) is 3.57. The zero-order valence-corrected chi connectivity index (χ0v) is 14.6. The molecule has 7 nitrogen and oxygen atoms in total. The van der Waals surface area contributed by atoms with Crippen molar-refractivity contribution in [3.63, 3.8) is 0 Å². The van der Waals surface area contributed by atoms with Gasteiger partial charge in [-0.05, 0) is 24.6 Å². The van der Waals surface area contributed by atoms with Crippen LogP contribution in [0.25, 0.3) is 10.2 Å². The molecule has 0 saturated carbocycles. The maximum Gasteiger partial charge on any atom is 0.348 e.